The van der Waals surface area contributed by atoms with Crippen molar-refractivity contribution >= 4 is 5.69 Å². The van der Waals surface area contributed by atoms with Gasteiger partial charge in [-0.1, -0.05) is 0 Å². The van der Waals surface area contributed by atoms with Gasteiger partial charge >= 0.3 is 6.18 Å². The molecule has 3 N–H and O–H groups in total. The summed E-state index contributed by atoms with van der Waals surface area (Å²) < 4.78 is 36.8. The molecule has 0 bridgehead atoms. The molecule has 1 aromatic carbocycles. The second kappa shape index (κ2) is 3.97. The first-order valence-corrected chi connectivity index (χ1v) is 5.14. The molecular formula is C11H13F3N2. The summed E-state index contributed by atoms with van der Waals surface area (Å²) in [5, 5.41) is 3.14. The van der Waals surface area contributed by atoms with E-state index in [0.29, 0.717) is 11.7 Å². The Bertz CT molecular complexity index is 352. The molecule has 0 spiro atoms. The Hall–Kier alpha value is -1.23. The second-order valence-corrected chi connectivity index (χ2v) is 4.15. The van der Waals surface area contributed by atoms with Crippen molar-refractivity contribution in [1.82, 2.24) is 0 Å². The molecule has 0 unspecified atom stereocenters. The largest absolute Gasteiger partial charge is 0.416 e. The Morgan fingerprint density at radius 1 is 1.12 bits per heavy atom. The van der Waals surface area contributed by atoms with Gasteiger partial charge in [-0.25, -0.2) is 0 Å². The molecule has 16 heavy (non-hydrogen) atoms. The van der Waals surface area contributed by atoms with E-state index < -0.39 is 11.7 Å². The van der Waals surface area contributed by atoms with Crippen LogP contribution in [0.4, 0.5) is 18.9 Å². The number of nitrogens with one attached hydrogen (secondary N) is 1. The van der Waals surface area contributed by atoms with E-state index in [1.54, 1.807) is 0 Å². The zero-order chi connectivity index (χ0) is 11.8. The molecule has 0 saturated heterocycles. The average Bonchev–Trinajstić information content (AvgIpc) is 2.15. The quantitative estimate of drug-likeness (QED) is 0.819. The van der Waals surface area contributed by atoms with Crippen LogP contribution < -0.4 is 11.1 Å². The van der Waals surface area contributed by atoms with E-state index in [2.05, 4.69) is 5.32 Å². The van der Waals surface area contributed by atoms with Crippen LogP contribution in [0.1, 0.15) is 18.4 Å². The van der Waals surface area contributed by atoms with Gasteiger partial charge in [-0.3, -0.25) is 0 Å². The average molecular weight is 230 g/mol. The van der Waals surface area contributed by atoms with Gasteiger partial charge in [-0.15, -0.1) is 0 Å². The molecule has 0 radical (unpaired) electrons. The van der Waals surface area contributed by atoms with Crippen LogP contribution in [0.2, 0.25) is 0 Å². The number of anilines is 1. The molecule has 2 rings (SSSR count). The molecule has 1 fully saturated rings. The molecule has 0 amide bonds. The zero-order valence-electron chi connectivity index (χ0n) is 8.59. The van der Waals surface area contributed by atoms with Gasteiger partial charge in [0.15, 0.2) is 0 Å². The summed E-state index contributed by atoms with van der Waals surface area (Å²) in [6.07, 6.45) is -2.51. The summed E-state index contributed by atoms with van der Waals surface area (Å²) in [4.78, 5) is 0. The first-order valence-electron chi connectivity index (χ1n) is 5.14. The van der Waals surface area contributed by atoms with E-state index in [1.165, 1.54) is 12.1 Å². The first kappa shape index (κ1) is 11.3. The van der Waals surface area contributed by atoms with E-state index in [4.69, 9.17) is 5.73 Å². The summed E-state index contributed by atoms with van der Waals surface area (Å²) >= 11 is 0. The molecule has 2 nitrogen and oxygen atoms in total. The number of halogens is 3. The highest BCUT2D eigenvalue weighted by atomic mass is 19.4. The van der Waals surface area contributed by atoms with Crippen LogP contribution in [-0.4, -0.2) is 12.1 Å². The van der Waals surface area contributed by atoms with Crippen LogP contribution in [0.25, 0.3) is 0 Å². The van der Waals surface area contributed by atoms with Crippen LogP contribution in [0.15, 0.2) is 24.3 Å². The standard InChI is InChI=1S/C11H13F3N2/c12-11(13,14)7-1-3-9(4-2-7)16-10-5-8(15)6-10/h1-4,8,10,16H,5-6,15H2. The molecule has 0 atom stereocenters. The first-order chi connectivity index (χ1) is 7.45. The number of hydrogen-bond donors (Lipinski definition) is 2. The third-order valence-corrected chi connectivity index (χ3v) is 2.76. The van der Waals surface area contributed by atoms with E-state index in [-0.39, 0.29) is 6.04 Å². The maximum absolute atomic E-state index is 12.3. The van der Waals surface area contributed by atoms with Gasteiger partial charge in [0.05, 0.1) is 5.56 Å². The minimum absolute atomic E-state index is 0.229. The lowest BCUT2D eigenvalue weighted by atomic mass is 9.87. The minimum Gasteiger partial charge on any atom is -0.382 e. The Kier molecular flexibility index (Phi) is 2.80. The Balaban J connectivity index is 1.97. The SMILES string of the molecule is NC1CC(Nc2ccc(C(F)(F)F)cc2)C1. The van der Waals surface area contributed by atoms with E-state index in [0.717, 1.165) is 25.0 Å². The van der Waals surface area contributed by atoms with Crippen LogP contribution in [0.5, 0.6) is 0 Å². The fraction of sp³-hybridized carbons (Fsp3) is 0.455. The number of benzene rings is 1. The van der Waals surface area contributed by atoms with Crippen molar-refractivity contribution in [3.8, 4) is 0 Å². The van der Waals surface area contributed by atoms with Crippen molar-refractivity contribution in [3.05, 3.63) is 29.8 Å². The number of alkyl halides is 3. The number of rotatable bonds is 2. The third-order valence-electron chi connectivity index (χ3n) is 2.76. The van der Waals surface area contributed by atoms with Gasteiger partial charge in [0, 0.05) is 17.8 Å². The molecule has 1 aliphatic rings. The Morgan fingerprint density at radius 3 is 2.12 bits per heavy atom. The summed E-state index contributed by atoms with van der Waals surface area (Å²) in [6.45, 7) is 0. The lowest BCUT2D eigenvalue weighted by molar-refractivity contribution is -0.137. The van der Waals surface area contributed by atoms with Crippen molar-refractivity contribution in [2.24, 2.45) is 5.73 Å². The summed E-state index contributed by atoms with van der Waals surface area (Å²) in [7, 11) is 0. The molecule has 88 valence electrons. The number of hydrogen-bond acceptors (Lipinski definition) is 2. The molecular weight excluding hydrogens is 217 g/mol. The van der Waals surface area contributed by atoms with E-state index in [9.17, 15) is 13.2 Å². The van der Waals surface area contributed by atoms with Gasteiger partial charge in [0.25, 0.3) is 0 Å². The Morgan fingerprint density at radius 2 is 1.69 bits per heavy atom. The monoisotopic (exact) mass is 230 g/mol. The molecule has 1 aliphatic carbocycles. The van der Waals surface area contributed by atoms with Gasteiger partial charge in [0.2, 0.25) is 0 Å². The second-order valence-electron chi connectivity index (χ2n) is 4.15. The third kappa shape index (κ3) is 2.47. The van der Waals surface area contributed by atoms with Crippen LogP contribution in [-0.2, 0) is 6.18 Å². The molecule has 0 aromatic heterocycles. The Labute approximate surface area is 91.6 Å². The molecule has 1 aromatic rings. The smallest absolute Gasteiger partial charge is 0.382 e. The lowest BCUT2D eigenvalue weighted by Gasteiger charge is -2.33. The predicted molar refractivity (Wildman–Crippen MR) is 56.1 cm³/mol. The number of nitrogens with two attached hydrogens (primary N) is 1. The predicted octanol–water partition coefficient (Wildman–Crippen LogP) is 2.61. The maximum atomic E-state index is 12.3. The molecule has 0 aliphatic heterocycles. The molecule has 1 saturated carbocycles. The minimum atomic E-state index is -4.27. The van der Waals surface area contributed by atoms with Gasteiger partial charge in [0.1, 0.15) is 0 Å². The van der Waals surface area contributed by atoms with Crippen molar-refractivity contribution in [1.29, 1.82) is 0 Å². The highest BCUT2D eigenvalue weighted by molar-refractivity contribution is 5.46. The highest BCUT2D eigenvalue weighted by Gasteiger charge is 2.30. The van der Waals surface area contributed by atoms with E-state index >= 15 is 0 Å². The zero-order valence-corrected chi connectivity index (χ0v) is 8.59. The fourth-order valence-electron chi connectivity index (χ4n) is 1.77. The maximum Gasteiger partial charge on any atom is 0.416 e. The topological polar surface area (TPSA) is 38.0 Å². The highest BCUT2D eigenvalue weighted by Crippen LogP contribution is 2.30. The fourth-order valence-corrected chi connectivity index (χ4v) is 1.77. The van der Waals surface area contributed by atoms with Crippen molar-refractivity contribution in [2.75, 3.05) is 5.32 Å². The summed E-state index contributed by atoms with van der Waals surface area (Å²) in [5.41, 5.74) is 5.71. The summed E-state index contributed by atoms with van der Waals surface area (Å²) in [5.74, 6) is 0. The van der Waals surface area contributed by atoms with Crippen LogP contribution in [0, 0.1) is 0 Å². The van der Waals surface area contributed by atoms with Crippen molar-refractivity contribution in [3.63, 3.8) is 0 Å². The van der Waals surface area contributed by atoms with E-state index in [1.807, 2.05) is 0 Å². The van der Waals surface area contributed by atoms with Crippen molar-refractivity contribution < 1.29 is 13.2 Å². The normalized spacial score (nSPS) is 25.0. The molecule has 0 heterocycles. The molecule has 5 heteroatoms. The van der Waals surface area contributed by atoms with Gasteiger partial charge in [-0.2, -0.15) is 13.2 Å². The summed E-state index contributed by atoms with van der Waals surface area (Å²) in [6, 6.07) is 5.60. The van der Waals surface area contributed by atoms with Gasteiger partial charge in [-0.05, 0) is 37.1 Å². The van der Waals surface area contributed by atoms with Crippen LogP contribution in [0.3, 0.4) is 0 Å². The van der Waals surface area contributed by atoms with Gasteiger partial charge < -0.3 is 11.1 Å². The van der Waals surface area contributed by atoms with Crippen molar-refractivity contribution in [2.45, 2.75) is 31.1 Å². The lowest BCUT2D eigenvalue weighted by Crippen LogP contribution is -2.44. The van der Waals surface area contributed by atoms with Crippen LogP contribution >= 0.6 is 0 Å².